The number of ether oxygens (including phenoxy) is 1. The van der Waals surface area contributed by atoms with Crippen LogP contribution < -0.4 is 10.2 Å². The van der Waals surface area contributed by atoms with Gasteiger partial charge in [-0.15, -0.1) is 0 Å². The van der Waals surface area contributed by atoms with Gasteiger partial charge in [0.2, 0.25) is 0 Å². The molecule has 0 aliphatic heterocycles. The Morgan fingerprint density at radius 1 is 1.03 bits per heavy atom. The van der Waals surface area contributed by atoms with E-state index in [4.69, 9.17) is 16.3 Å². The summed E-state index contributed by atoms with van der Waals surface area (Å²) in [5.41, 5.74) is 1.09. The van der Waals surface area contributed by atoms with Crippen LogP contribution in [0, 0.1) is 0 Å². The first-order chi connectivity index (χ1) is 15.1. The second-order valence-corrected chi connectivity index (χ2v) is 6.80. The van der Waals surface area contributed by atoms with Crippen LogP contribution in [0.5, 0.6) is 11.5 Å². The highest BCUT2D eigenvalue weighted by Gasteiger charge is 2.31. The summed E-state index contributed by atoms with van der Waals surface area (Å²) < 4.78 is 43.9. The minimum atomic E-state index is -4.61. The lowest BCUT2D eigenvalue weighted by molar-refractivity contribution is -0.137. The SMILES string of the molecule is O=C(Oc1ccc(Cl)cc1/C=N/NC(=O)c1ccccc1O)c1cccc(C(F)(F)F)c1. The van der Waals surface area contributed by atoms with Gasteiger partial charge in [-0.25, -0.2) is 10.2 Å². The number of halogens is 4. The molecule has 164 valence electrons. The lowest BCUT2D eigenvalue weighted by Gasteiger charge is -2.10. The summed E-state index contributed by atoms with van der Waals surface area (Å²) >= 11 is 5.95. The zero-order valence-corrected chi connectivity index (χ0v) is 16.8. The van der Waals surface area contributed by atoms with Gasteiger partial charge >= 0.3 is 12.1 Å². The van der Waals surface area contributed by atoms with Gasteiger partial charge in [0.1, 0.15) is 11.5 Å². The first kappa shape index (κ1) is 22.8. The minimum Gasteiger partial charge on any atom is -0.507 e. The van der Waals surface area contributed by atoms with E-state index in [1.54, 1.807) is 12.1 Å². The monoisotopic (exact) mass is 462 g/mol. The number of hydrazone groups is 1. The molecular weight excluding hydrogens is 449 g/mol. The fourth-order valence-electron chi connectivity index (χ4n) is 2.58. The highest BCUT2D eigenvalue weighted by atomic mass is 35.5. The molecule has 0 spiro atoms. The highest BCUT2D eigenvalue weighted by Crippen LogP contribution is 2.30. The smallest absolute Gasteiger partial charge is 0.416 e. The maximum atomic E-state index is 12.9. The Kier molecular flexibility index (Phi) is 6.79. The van der Waals surface area contributed by atoms with Crippen LogP contribution in [0.3, 0.4) is 0 Å². The quantitative estimate of drug-likeness (QED) is 0.240. The van der Waals surface area contributed by atoms with Crippen molar-refractivity contribution in [2.75, 3.05) is 0 Å². The van der Waals surface area contributed by atoms with E-state index in [1.165, 1.54) is 36.4 Å². The Morgan fingerprint density at radius 3 is 2.50 bits per heavy atom. The summed E-state index contributed by atoms with van der Waals surface area (Å²) in [7, 11) is 0. The summed E-state index contributed by atoms with van der Waals surface area (Å²) in [5.74, 6) is -1.99. The molecular formula is C22H14ClF3N2O4. The van der Waals surface area contributed by atoms with Gasteiger partial charge < -0.3 is 9.84 Å². The van der Waals surface area contributed by atoms with E-state index in [0.717, 1.165) is 18.3 Å². The summed E-state index contributed by atoms with van der Waals surface area (Å²) in [6.45, 7) is 0. The van der Waals surface area contributed by atoms with E-state index in [9.17, 15) is 27.9 Å². The average molecular weight is 463 g/mol. The average Bonchev–Trinajstić information content (AvgIpc) is 2.75. The molecule has 2 N–H and O–H groups in total. The number of phenolic OH excluding ortho intramolecular Hbond substituents is 1. The van der Waals surface area contributed by atoms with E-state index in [2.05, 4.69) is 10.5 Å². The van der Waals surface area contributed by atoms with Gasteiger partial charge in [-0.2, -0.15) is 18.3 Å². The number of amides is 1. The standard InChI is InChI=1S/C22H14ClF3N2O4/c23-16-8-9-19(32-21(31)13-4-3-5-15(10-13)22(24,25)26)14(11-16)12-27-28-20(30)17-6-1-2-7-18(17)29/h1-12,29H,(H,28,30)/b27-12+. The van der Waals surface area contributed by atoms with Gasteiger partial charge in [-0.1, -0.05) is 29.8 Å². The lowest BCUT2D eigenvalue weighted by Crippen LogP contribution is -2.18. The number of aromatic hydroxyl groups is 1. The third kappa shape index (κ3) is 5.64. The topological polar surface area (TPSA) is 88.0 Å². The molecule has 0 heterocycles. The second kappa shape index (κ2) is 9.52. The Balaban J connectivity index is 1.78. The van der Waals surface area contributed by atoms with Crippen molar-refractivity contribution in [2.45, 2.75) is 6.18 Å². The van der Waals surface area contributed by atoms with Crippen molar-refractivity contribution in [1.29, 1.82) is 0 Å². The predicted octanol–water partition coefficient (Wildman–Crippen LogP) is 5.05. The van der Waals surface area contributed by atoms with Crippen LogP contribution in [0.4, 0.5) is 13.2 Å². The number of phenols is 1. The predicted molar refractivity (Wildman–Crippen MR) is 111 cm³/mol. The molecule has 1 amide bonds. The van der Waals surface area contributed by atoms with Crippen molar-refractivity contribution >= 4 is 29.7 Å². The molecule has 0 bridgehead atoms. The van der Waals surface area contributed by atoms with Gasteiger partial charge in [0, 0.05) is 10.6 Å². The van der Waals surface area contributed by atoms with Gasteiger partial charge in [-0.3, -0.25) is 4.79 Å². The molecule has 0 atom stereocenters. The summed E-state index contributed by atoms with van der Waals surface area (Å²) in [6.07, 6.45) is -3.47. The number of para-hydroxylation sites is 1. The second-order valence-electron chi connectivity index (χ2n) is 6.37. The molecule has 0 aliphatic rings. The molecule has 3 aromatic rings. The number of esters is 1. The van der Waals surface area contributed by atoms with Crippen LogP contribution in [0.25, 0.3) is 0 Å². The number of rotatable bonds is 5. The third-order valence-corrected chi connectivity index (χ3v) is 4.35. The van der Waals surface area contributed by atoms with Crippen LogP contribution in [0.15, 0.2) is 71.8 Å². The van der Waals surface area contributed by atoms with Gasteiger partial charge in [-0.05, 0) is 48.5 Å². The Labute approximate surface area is 184 Å². The number of hydrogen-bond acceptors (Lipinski definition) is 5. The Bertz CT molecular complexity index is 1200. The molecule has 3 aromatic carbocycles. The van der Waals surface area contributed by atoms with Crippen LogP contribution in [0.1, 0.15) is 31.8 Å². The number of nitrogens with zero attached hydrogens (tertiary/aromatic N) is 1. The maximum absolute atomic E-state index is 12.9. The summed E-state index contributed by atoms with van der Waals surface area (Å²) in [4.78, 5) is 24.5. The number of carbonyl (C=O) groups is 2. The maximum Gasteiger partial charge on any atom is 0.416 e. The normalized spacial score (nSPS) is 11.4. The molecule has 0 saturated carbocycles. The van der Waals surface area contributed by atoms with Crippen LogP contribution in [-0.4, -0.2) is 23.2 Å². The van der Waals surface area contributed by atoms with Crippen molar-refractivity contribution in [1.82, 2.24) is 5.43 Å². The minimum absolute atomic E-state index is 0.00746. The molecule has 6 nitrogen and oxygen atoms in total. The first-order valence-corrected chi connectivity index (χ1v) is 9.33. The molecule has 32 heavy (non-hydrogen) atoms. The number of hydrogen-bond donors (Lipinski definition) is 2. The lowest BCUT2D eigenvalue weighted by atomic mass is 10.1. The van der Waals surface area contributed by atoms with Crippen LogP contribution in [0.2, 0.25) is 5.02 Å². The van der Waals surface area contributed by atoms with Crippen LogP contribution in [-0.2, 0) is 6.18 Å². The number of nitrogens with one attached hydrogen (secondary N) is 1. The van der Waals surface area contributed by atoms with Crippen molar-refractivity contribution in [3.8, 4) is 11.5 Å². The molecule has 0 fully saturated rings. The van der Waals surface area contributed by atoms with Gasteiger partial charge in [0.25, 0.3) is 5.91 Å². The molecule has 10 heteroatoms. The Morgan fingerprint density at radius 2 is 1.78 bits per heavy atom. The Hall–Kier alpha value is -3.85. The van der Waals surface area contributed by atoms with E-state index in [-0.39, 0.29) is 33.2 Å². The van der Waals surface area contributed by atoms with E-state index in [0.29, 0.717) is 6.07 Å². The fourth-order valence-corrected chi connectivity index (χ4v) is 2.76. The summed E-state index contributed by atoms with van der Waals surface area (Å²) in [5, 5.41) is 13.7. The molecule has 0 saturated heterocycles. The zero-order chi connectivity index (χ0) is 23.3. The van der Waals surface area contributed by atoms with Gasteiger partial charge in [0.15, 0.2) is 0 Å². The fraction of sp³-hybridized carbons (Fsp3) is 0.0455. The molecule has 0 aromatic heterocycles. The van der Waals surface area contributed by atoms with Crippen LogP contribution >= 0.6 is 11.6 Å². The van der Waals surface area contributed by atoms with Crippen molar-refractivity contribution < 1.29 is 32.6 Å². The van der Waals surface area contributed by atoms with Crippen molar-refractivity contribution in [3.63, 3.8) is 0 Å². The van der Waals surface area contributed by atoms with Crippen molar-refractivity contribution in [2.24, 2.45) is 5.10 Å². The molecule has 0 aliphatic carbocycles. The zero-order valence-electron chi connectivity index (χ0n) is 16.1. The van der Waals surface area contributed by atoms with Gasteiger partial charge in [0.05, 0.1) is 22.9 Å². The molecule has 3 rings (SSSR count). The van der Waals surface area contributed by atoms with Crippen molar-refractivity contribution in [3.05, 3.63) is 94.0 Å². The molecule has 0 radical (unpaired) electrons. The molecule has 0 unspecified atom stereocenters. The van der Waals surface area contributed by atoms with E-state index >= 15 is 0 Å². The number of alkyl halides is 3. The number of benzene rings is 3. The highest BCUT2D eigenvalue weighted by molar-refractivity contribution is 6.31. The van der Waals surface area contributed by atoms with E-state index < -0.39 is 23.6 Å². The third-order valence-electron chi connectivity index (χ3n) is 4.12. The summed E-state index contributed by atoms with van der Waals surface area (Å²) in [6, 6.07) is 13.8. The number of carbonyl (C=O) groups excluding carboxylic acids is 2. The van der Waals surface area contributed by atoms with E-state index in [1.807, 2.05) is 0 Å². The largest absolute Gasteiger partial charge is 0.507 e. The first-order valence-electron chi connectivity index (χ1n) is 8.95.